The third-order valence-corrected chi connectivity index (χ3v) is 3.66. The molecule has 0 saturated heterocycles. The van der Waals surface area contributed by atoms with Crippen molar-refractivity contribution >= 4 is 22.4 Å². The molecule has 0 amide bonds. The van der Waals surface area contributed by atoms with E-state index in [9.17, 15) is 5.11 Å². The van der Waals surface area contributed by atoms with Crippen molar-refractivity contribution in [2.75, 3.05) is 0 Å². The van der Waals surface area contributed by atoms with Crippen LogP contribution in [0.4, 0.5) is 0 Å². The second-order valence-corrected chi connectivity index (χ2v) is 5.18. The normalized spacial score (nSPS) is 12.9. The second-order valence-electron chi connectivity index (χ2n) is 4.21. The van der Waals surface area contributed by atoms with Gasteiger partial charge in [-0.25, -0.2) is 4.98 Å². The largest absolute Gasteiger partial charge is 0.391 e. The number of aromatic nitrogens is 3. The Bertz CT molecular complexity index is 633. The molecule has 0 aliphatic rings. The van der Waals surface area contributed by atoms with Gasteiger partial charge in [0.2, 0.25) is 0 Å². The van der Waals surface area contributed by atoms with Gasteiger partial charge in [0.05, 0.1) is 35.5 Å². The second kappa shape index (κ2) is 4.88. The number of para-hydroxylation sites is 2. The van der Waals surface area contributed by atoms with E-state index in [1.807, 2.05) is 28.8 Å². The Kier molecular flexibility index (Phi) is 3.08. The first kappa shape index (κ1) is 11.4. The average Bonchev–Trinajstić information content (AvgIpc) is 3.00. The van der Waals surface area contributed by atoms with Crippen LogP contribution < -0.4 is 0 Å². The lowest BCUT2D eigenvalue weighted by molar-refractivity contribution is 0.156. The van der Waals surface area contributed by atoms with Crippen LogP contribution in [0.1, 0.15) is 4.88 Å². The fourth-order valence-electron chi connectivity index (χ4n) is 2.02. The van der Waals surface area contributed by atoms with Crippen molar-refractivity contribution in [3.8, 4) is 0 Å². The van der Waals surface area contributed by atoms with Crippen LogP contribution in [0, 0.1) is 0 Å². The van der Waals surface area contributed by atoms with E-state index in [1.54, 1.807) is 29.4 Å². The van der Waals surface area contributed by atoms with Crippen molar-refractivity contribution in [3.63, 3.8) is 0 Å². The molecule has 0 aliphatic carbocycles. The molecular weight excluding hydrogens is 246 g/mol. The standard InChI is InChI=1S/C13H13N3OS/c17-10(5-11-6-14-9-18-11)7-16-8-15-12-3-1-2-4-13(12)16/h1-4,6,8-10,17H,5,7H2. The maximum absolute atomic E-state index is 10.1. The summed E-state index contributed by atoms with van der Waals surface area (Å²) in [7, 11) is 0. The van der Waals surface area contributed by atoms with Gasteiger partial charge in [0.15, 0.2) is 0 Å². The van der Waals surface area contributed by atoms with E-state index in [0.29, 0.717) is 13.0 Å². The van der Waals surface area contributed by atoms with E-state index >= 15 is 0 Å². The highest BCUT2D eigenvalue weighted by molar-refractivity contribution is 7.09. The predicted molar refractivity (Wildman–Crippen MR) is 71.6 cm³/mol. The zero-order valence-electron chi connectivity index (χ0n) is 9.73. The molecule has 0 saturated carbocycles. The summed E-state index contributed by atoms with van der Waals surface area (Å²) in [5, 5.41) is 10.1. The first-order valence-electron chi connectivity index (χ1n) is 5.78. The predicted octanol–water partition coefficient (Wildman–Crippen LogP) is 2.10. The molecule has 1 N–H and O–H groups in total. The van der Waals surface area contributed by atoms with Crippen LogP contribution in [0.2, 0.25) is 0 Å². The van der Waals surface area contributed by atoms with Crippen molar-refractivity contribution < 1.29 is 5.11 Å². The Morgan fingerprint density at radius 2 is 2.22 bits per heavy atom. The molecule has 0 aliphatic heterocycles. The Morgan fingerprint density at radius 3 is 3.06 bits per heavy atom. The SMILES string of the molecule is OC(Cc1cncs1)Cn1cnc2ccccc21. The maximum atomic E-state index is 10.1. The van der Waals surface area contributed by atoms with Gasteiger partial charge in [0.1, 0.15) is 0 Å². The summed E-state index contributed by atoms with van der Waals surface area (Å²) < 4.78 is 1.99. The fourth-order valence-corrected chi connectivity index (χ4v) is 2.69. The van der Waals surface area contributed by atoms with Crippen molar-refractivity contribution in [3.05, 3.63) is 47.2 Å². The summed E-state index contributed by atoms with van der Waals surface area (Å²) in [5.74, 6) is 0. The Morgan fingerprint density at radius 1 is 1.33 bits per heavy atom. The summed E-state index contributed by atoms with van der Waals surface area (Å²) >= 11 is 1.57. The minimum Gasteiger partial charge on any atom is -0.391 e. The quantitative estimate of drug-likeness (QED) is 0.780. The highest BCUT2D eigenvalue weighted by Crippen LogP contribution is 2.14. The minimum atomic E-state index is -0.414. The number of aliphatic hydroxyl groups excluding tert-OH is 1. The van der Waals surface area contributed by atoms with Crippen LogP contribution in [0.25, 0.3) is 11.0 Å². The smallest absolute Gasteiger partial charge is 0.0959 e. The van der Waals surface area contributed by atoms with Crippen molar-refractivity contribution in [2.45, 2.75) is 19.1 Å². The Labute approximate surface area is 109 Å². The van der Waals surface area contributed by atoms with Gasteiger partial charge in [0.25, 0.3) is 0 Å². The lowest BCUT2D eigenvalue weighted by atomic mass is 10.2. The van der Waals surface area contributed by atoms with Crippen LogP contribution in [-0.4, -0.2) is 25.7 Å². The molecular formula is C13H13N3OS. The summed E-state index contributed by atoms with van der Waals surface area (Å²) in [6, 6.07) is 7.94. The van der Waals surface area contributed by atoms with Crippen LogP contribution in [0.15, 0.2) is 42.3 Å². The van der Waals surface area contributed by atoms with Crippen LogP contribution >= 0.6 is 11.3 Å². The summed E-state index contributed by atoms with van der Waals surface area (Å²) in [4.78, 5) is 9.42. The van der Waals surface area contributed by atoms with Crippen molar-refractivity contribution in [1.82, 2.24) is 14.5 Å². The van der Waals surface area contributed by atoms with E-state index in [0.717, 1.165) is 15.9 Å². The van der Waals surface area contributed by atoms with Crippen LogP contribution in [0.3, 0.4) is 0 Å². The molecule has 2 heterocycles. The van der Waals surface area contributed by atoms with Gasteiger partial charge in [-0.3, -0.25) is 4.98 Å². The van der Waals surface area contributed by atoms with Gasteiger partial charge < -0.3 is 9.67 Å². The third kappa shape index (κ3) is 2.27. The number of hydrogen-bond donors (Lipinski definition) is 1. The van der Waals surface area contributed by atoms with Gasteiger partial charge in [0, 0.05) is 17.5 Å². The molecule has 18 heavy (non-hydrogen) atoms. The summed E-state index contributed by atoms with van der Waals surface area (Å²) in [6.45, 7) is 0.554. The van der Waals surface area contributed by atoms with E-state index in [-0.39, 0.29) is 0 Å². The highest BCUT2D eigenvalue weighted by Gasteiger charge is 2.10. The van der Waals surface area contributed by atoms with Gasteiger partial charge in [-0.05, 0) is 12.1 Å². The zero-order chi connectivity index (χ0) is 12.4. The van der Waals surface area contributed by atoms with Gasteiger partial charge in [-0.2, -0.15) is 0 Å². The van der Waals surface area contributed by atoms with E-state index in [4.69, 9.17) is 0 Å². The first-order chi connectivity index (χ1) is 8.83. The van der Waals surface area contributed by atoms with Gasteiger partial charge >= 0.3 is 0 Å². The van der Waals surface area contributed by atoms with Crippen LogP contribution in [0.5, 0.6) is 0 Å². The number of benzene rings is 1. The Balaban J connectivity index is 1.76. The number of rotatable bonds is 4. The number of hydrogen-bond acceptors (Lipinski definition) is 4. The number of aliphatic hydroxyl groups is 1. The van der Waals surface area contributed by atoms with Gasteiger partial charge in [-0.15, -0.1) is 11.3 Å². The summed E-state index contributed by atoms with van der Waals surface area (Å²) in [5.41, 5.74) is 3.80. The molecule has 0 spiro atoms. The fraction of sp³-hybridized carbons (Fsp3) is 0.231. The lowest BCUT2D eigenvalue weighted by Gasteiger charge is -2.10. The zero-order valence-corrected chi connectivity index (χ0v) is 10.5. The molecule has 4 nitrogen and oxygen atoms in total. The van der Waals surface area contributed by atoms with E-state index in [1.165, 1.54) is 0 Å². The molecule has 5 heteroatoms. The third-order valence-electron chi connectivity index (χ3n) is 2.86. The molecule has 0 radical (unpaired) electrons. The molecule has 1 atom stereocenters. The highest BCUT2D eigenvalue weighted by atomic mass is 32.1. The average molecular weight is 259 g/mol. The maximum Gasteiger partial charge on any atom is 0.0959 e. The number of nitrogens with zero attached hydrogens (tertiary/aromatic N) is 3. The lowest BCUT2D eigenvalue weighted by Crippen LogP contribution is -2.17. The topological polar surface area (TPSA) is 50.9 Å². The van der Waals surface area contributed by atoms with E-state index < -0.39 is 6.10 Å². The number of fused-ring (bicyclic) bond motifs is 1. The van der Waals surface area contributed by atoms with E-state index in [2.05, 4.69) is 9.97 Å². The molecule has 92 valence electrons. The first-order valence-corrected chi connectivity index (χ1v) is 6.66. The van der Waals surface area contributed by atoms with Crippen LogP contribution in [-0.2, 0) is 13.0 Å². The Hall–Kier alpha value is -1.72. The van der Waals surface area contributed by atoms with Gasteiger partial charge in [-0.1, -0.05) is 12.1 Å². The molecule has 0 bridgehead atoms. The summed E-state index contributed by atoms with van der Waals surface area (Å²) in [6.07, 6.45) is 3.81. The molecule has 3 aromatic rings. The van der Waals surface area contributed by atoms with Crippen molar-refractivity contribution in [1.29, 1.82) is 0 Å². The molecule has 1 aromatic carbocycles. The minimum absolute atomic E-state index is 0.414. The number of thiazole rings is 1. The van der Waals surface area contributed by atoms with Crippen molar-refractivity contribution in [2.24, 2.45) is 0 Å². The monoisotopic (exact) mass is 259 g/mol. The molecule has 3 rings (SSSR count). The number of imidazole rings is 1. The molecule has 2 aromatic heterocycles. The molecule has 1 unspecified atom stereocenters. The molecule has 0 fully saturated rings.